The van der Waals surface area contributed by atoms with E-state index in [1.165, 1.54) is 24.3 Å². The fourth-order valence-electron chi connectivity index (χ4n) is 4.51. The summed E-state index contributed by atoms with van der Waals surface area (Å²) in [5.41, 5.74) is -0.579. The molecule has 4 rings (SSSR count). The van der Waals surface area contributed by atoms with E-state index in [1.807, 2.05) is 6.92 Å². The maximum absolute atomic E-state index is 13.3. The van der Waals surface area contributed by atoms with Crippen LogP contribution in [-0.2, 0) is 28.4 Å². The first kappa shape index (κ1) is 21.7. The summed E-state index contributed by atoms with van der Waals surface area (Å²) < 4.78 is 86.3. The molecule has 2 bridgehead atoms. The van der Waals surface area contributed by atoms with Gasteiger partial charge in [0, 0.05) is 12.0 Å². The van der Waals surface area contributed by atoms with Crippen LogP contribution < -0.4 is 5.43 Å². The van der Waals surface area contributed by atoms with Gasteiger partial charge in [0.05, 0.1) is 16.8 Å². The standard InChI is InChI=1S/C22H20F6N2O/c1-13-11-19(15-5-3-7-17(9-15)21(23,24)25)14(2)29-30-20(12-13,31-19)16-6-4-8-18(10-16)22(26,27)28/h3-10,13,30H,11-12H2,1-2H3/t13-,19+,20+/m1/s1. The second kappa shape index (κ2) is 6.98. The molecule has 0 spiro atoms. The summed E-state index contributed by atoms with van der Waals surface area (Å²) in [5, 5.41) is 4.31. The van der Waals surface area contributed by atoms with E-state index >= 15 is 0 Å². The maximum atomic E-state index is 13.3. The van der Waals surface area contributed by atoms with Crippen molar-refractivity contribution in [3.63, 3.8) is 0 Å². The fraction of sp³-hybridized carbons (Fsp3) is 0.409. The van der Waals surface area contributed by atoms with Crippen LogP contribution in [-0.4, -0.2) is 5.71 Å². The minimum Gasteiger partial charge on any atom is -0.333 e. The number of nitrogens with one attached hydrogen (secondary N) is 1. The first-order chi connectivity index (χ1) is 14.4. The largest absolute Gasteiger partial charge is 0.416 e. The van der Waals surface area contributed by atoms with E-state index in [0.29, 0.717) is 18.6 Å². The predicted octanol–water partition coefficient (Wildman–Crippen LogP) is 6.20. The molecular weight excluding hydrogens is 422 g/mol. The molecule has 2 aliphatic rings. The highest BCUT2D eigenvalue weighted by Gasteiger charge is 2.55. The highest BCUT2D eigenvalue weighted by atomic mass is 19.4. The molecule has 2 heterocycles. The molecule has 0 unspecified atom stereocenters. The van der Waals surface area contributed by atoms with E-state index in [2.05, 4.69) is 10.5 Å². The minimum absolute atomic E-state index is 0.0733. The Kier molecular flexibility index (Phi) is 4.88. The molecule has 2 aromatic rings. The van der Waals surface area contributed by atoms with Gasteiger partial charge in [-0.05, 0) is 49.1 Å². The van der Waals surface area contributed by atoms with Crippen LogP contribution in [0.25, 0.3) is 0 Å². The zero-order chi connectivity index (χ0) is 22.7. The monoisotopic (exact) mass is 442 g/mol. The Morgan fingerprint density at radius 1 is 0.903 bits per heavy atom. The zero-order valence-corrected chi connectivity index (χ0v) is 16.7. The van der Waals surface area contributed by atoms with Gasteiger partial charge in [0.15, 0.2) is 5.72 Å². The van der Waals surface area contributed by atoms with Crippen molar-refractivity contribution in [2.24, 2.45) is 11.0 Å². The highest BCUT2D eigenvalue weighted by molar-refractivity contribution is 5.92. The number of alkyl halides is 6. The van der Waals surface area contributed by atoms with E-state index in [4.69, 9.17) is 4.74 Å². The van der Waals surface area contributed by atoms with Crippen LogP contribution in [0.3, 0.4) is 0 Å². The van der Waals surface area contributed by atoms with Gasteiger partial charge in [-0.1, -0.05) is 31.2 Å². The Labute approximate surface area is 175 Å². The molecule has 0 aliphatic carbocycles. The van der Waals surface area contributed by atoms with Crippen molar-refractivity contribution in [2.45, 2.75) is 50.4 Å². The van der Waals surface area contributed by atoms with Gasteiger partial charge in [-0.25, -0.2) is 0 Å². The minimum atomic E-state index is -4.54. The lowest BCUT2D eigenvalue weighted by atomic mass is 9.73. The molecule has 1 fully saturated rings. The molecule has 3 atom stereocenters. The third-order valence-electron chi connectivity index (χ3n) is 5.92. The number of hydrogen-bond donors (Lipinski definition) is 1. The van der Waals surface area contributed by atoms with Crippen molar-refractivity contribution in [1.82, 2.24) is 5.43 Å². The molecule has 0 amide bonds. The van der Waals surface area contributed by atoms with Crippen molar-refractivity contribution in [3.05, 3.63) is 70.8 Å². The van der Waals surface area contributed by atoms with Crippen LogP contribution in [0.1, 0.15) is 48.9 Å². The van der Waals surface area contributed by atoms with Gasteiger partial charge in [-0.2, -0.15) is 31.4 Å². The van der Waals surface area contributed by atoms with Gasteiger partial charge in [0.25, 0.3) is 0 Å². The normalized spacial score (nSPS) is 28.6. The number of halogens is 6. The molecule has 166 valence electrons. The van der Waals surface area contributed by atoms with E-state index in [-0.39, 0.29) is 17.0 Å². The number of hydrazone groups is 1. The van der Waals surface area contributed by atoms with E-state index < -0.39 is 34.8 Å². The third kappa shape index (κ3) is 3.69. The number of fused-ring (bicyclic) bond motifs is 2. The van der Waals surface area contributed by atoms with Crippen LogP contribution in [0, 0.1) is 5.92 Å². The Morgan fingerprint density at radius 2 is 1.45 bits per heavy atom. The van der Waals surface area contributed by atoms with Crippen LogP contribution in [0.15, 0.2) is 53.6 Å². The summed E-state index contributed by atoms with van der Waals surface area (Å²) in [4.78, 5) is 0. The van der Waals surface area contributed by atoms with E-state index in [0.717, 1.165) is 24.3 Å². The van der Waals surface area contributed by atoms with Gasteiger partial charge in [-0.15, -0.1) is 0 Å². The first-order valence-corrected chi connectivity index (χ1v) is 9.73. The van der Waals surface area contributed by atoms with Crippen molar-refractivity contribution in [1.29, 1.82) is 0 Å². The summed E-state index contributed by atoms with van der Waals surface area (Å²) in [6.45, 7) is 3.54. The van der Waals surface area contributed by atoms with Crippen LogP contribution in [0.4, 0.5) is 26.3 Å². The Bertz CT molecular complexity index is 1030. The van der Waals surface area contributed by atoms with E-state index in [9.17, 15) is 26.3 Å². The van der Waals surface area contributed by atoms with E-state index in [1.54, 1.807) is 6.92 Å². The van der Waals surface area contributed by atoms with Crippen LogP contribution >= 0.6 is 0 Å². The summed E-state index contributed by atoms with van der Waals surface area (Å²) in [6, 6.07) is 9.59. The van der Waals surface area contributed by atoms with Crippen molar-refractivity contribution < 1.29 is 31.1 Å². The Morgan fingerprint density at radius 3 is 2.03 bits per heavy atom. The fourth-order valence-corrected chi connectivity index (χ4v) is 4.51. The molecule has 0 radical (unpaired) electrons. The number of nitrogens with zero attached hydrogens (tertiary/aromatic N) is 1. The summed E-state index contributed by atoms with van der Waals surface area (Å²) in [6.07, 6.45) is -8.42. The van der Waals surface area contributed by atoms with Crippen molar-refractivity contribution >= 4 is 5.71 Å². The molecule has 3 nitrogen and oxygen atoms in total. The quantitative estimate of drug-likeness (QED) is 0.562. The average Bonchev–Trinajstić information content (AvgIpc) is 2.70. The lowest BCUT2D eigenvalue weighted by Gasteiger charge is -2.53. The highest BCUT2D eigenvalue weighted by Crippen LogP contribution is 2.51. The number of ether oxygens (including phenoxy) is 1. The number of rotatable bonds is 2. The first-order valence-electron chi connectivity index (χ1n) is 9.73. The molecular formula is C22H20F6N2O. The zero-order valence-electron chi connectivity index (χ0n) is 16.7. The molecule has 2 aromatic carbocycles. The molecule has 2 aliphatic heterocycles. The molecule has 1 N–H and O–H groups in total. The Hall–Kier alpha value is -2.55. The number of hydrogen-bond acceptors (Lipinski definition) is 3. The van der Waals surface area contributed by atoms with Crippen LogP contribution in [0.2, 0.25) is 0 Å². The van der Waals surface area contributed by atoms with Crippen LogP contribution in [0.5, 0.6) is 0 Å². The van der Waals surface area contributed by atoms with Gasteiger partial charge in [-0.3, -0.25) is 5.43 Å². The molecule has 1 saturated heterocycles. The third-order valence-corrected chi connectivity index (χ3v) is 5.92. The lowest BCUT2D eigenvalue weighted by molar-refractivity contribution is -0.211. The van der Waals surface area contributed by atoms with Gasteiger partial charge in [0.1, 0.15) is 5.60 Å². The summed E-state index contributed by atoms with van der Waals surface area (Å²) in [5.74, 6) is -0.0733. The van der Waals surface area contributed by atoms with Crippen molar-refractivity contribution in [2.75, 3.05) is 0 Å². The smallest absolute Gasteiger partial charge is 0.333 e. The lowest BCUT2D eigenvalue weighted by Crippen LogP contribution is -2.60. The molecule has 0 saturated carbocycles. The second-order valence-corrected chi connectivity index (χ2v) is 8.24. The molecule has 31 heavy (non-hydrogen) atoms. The second-order valence-electron chi connectivity index (χ2n) is 8.24. The number of benzene rings is 2. The summed E-state index contributed by atoms with van der Waals surface area (Å²) >= 11 is 0. The molecule has 9 heteroatoms. The van der Waals surface area contributed by atoms with Gasteiger partial charge in [0.2, 0.25) is 0 Å². The Balaban J connectivity index is 1.85. The maximum Gasteiger partial charge on any atom is 0.416 e. The summed E-state index contributed by atoms with van der Waals surface area (Å²) in [7, 11) is 0. The van der Waals surface area contributed by atoms with Gasteiger partial charge >= 0.3 is 12.4 Å². The molecule has 0 aromatic heterocycles. The average molecular weight is 442 g/mol. The topological polar surface area (TPSA) is 33.6 Å². The van der Waals surface area contributed by atoms with Crippen molar-refractivity contribution in [3.8, 4) is 0 Å². The predicted molar refractivity (Wildman–Crippen MR) is 102 cm³/mol. The SMILES string of the molecule is CC1=NN[C@@]2(c3cccc(C(F)(F)F)c3)C[C@H](C)C[C@]1(c1cccc(C(F)(F)F)c1)O2. The van der Waals surface area contributed by atoms with Gasteiger partial charge < -0.3 is 4.74 Å².